The zero-order chi connectivity index (χ0) is 53.6. The number of carbonyl (C=O) groups excluding carboxylic acids is 4. The van der Waals surface area contributed by atoms with Crippen LogP contribution >= 0.6 is 0 Å². The van der Waals surface area contributed by atoms with Crippen molar-refractivity contribution in [2.75, 3.05) is 26.2 Å². The zero-order valence-electron chi connectivity index (χ0n) is 45.0. The molecule has 410 valence electrons. The van der Waals surface area contributed by atoms with Crippen molar-refractivity contribution in [1.82, 2.24) is 15.1 Å². The summed E-state index contributed by atoms with van der Waals surface area (Å²) in [6.07, 6.45) is 13.8. The number of amides is 4. The number of nitrogens with one attached hydrogen (secondary N) is 1. The number of carbonyl (C=O) groups is 6. The molecule has 3 aromatic carbocycles. The van der Waals surface area contributed by atoms with Gasteiger partial charge >= 0.3 is 24.1 Å². The number of aryl methyl sites for hydroxylation is 2. The van der Waals surface area contributed by atoms with Gasteiger partial charge in [-0.2, -0.15) is 0 Å². The van der Waals surface area contributed by atoms with Crippen LogP contribution in [-0.4, -0.2) is 94.3 Å². The molecule has 8 bridgehead atoms. The van der Waals surface area contributed by atoms with Crippen molar-refractivity contribution in [3.63, 3.8) is 0 Å². The SMILES string of the molecule is Cc1cc(C)cc(CNC(=O)C23CC4CC(C2)C(OC(=O)N2CCC5(CC2)CC(CC(=O)O)c2ccccc25)C(C4)C3)c1.NC(=O)C12CC3CC(C1)C(OC(=O)N1CCC4(CC1)CC(CC(=O)O)c1ccccc14)C(C3)C2. The van der Waals surface area contributed by atoms with Gasteiger partial charge in [-0.25, -0.2) is 9.59 Å². The van der Waals surface area contributed by atoms with E-state index in [1.54, 1.807) is 0 Å². The van der Waals surface area contributed by atoms with Gasteiger partial charge in [0.05, 0.1) is 23.7 Å². The normalized spacial score (nSPS) is 33.9. The molecule has 6 atom stereocenters. The Hall–Kier alpha value is -5.92. The first-order chi connectivity index (χ1) is 36.9. The molecule has 12 aliphatic rings. The fourth-order valence-electron chi connectivity index (χ4n) is 18.9. The molecule has 10 fully saturated rings. The first-order valence-corrected chi connectivity index (χ1v) is 29.1. The molecule has 15 rings (SSSR count). The molecule has 5 N–H and O–H groups in total. The van der Waals surface area contributed by atoms with E-state index >= 15 is 0 Å². The average molecular weight is 1050 g/mol. The summed E-state index contributed by atoms with van der Waals surface area (Å²) in [5.41, 5.74) is 13.4. The molecule has 0 aromatic heterocycles. The van der Waals surface area contributed by atoms with Crippen LogP contribution in [0.3, 0.4) is 0 Å². The van der Waals surface area contributed by atoms with Gasteiger partial charge in [-0.05, 0) is 203 Å². The number of hydrogen-bond acceptors (Lipinski definition) is 8. The number of likely N-dealkylation sites (tertiary alicyclic amines) is 2. The molecule has 10 aliphatic carbocycles. The summed E-state index contributed by atoms with van der Waals surface area (Å²) in [5.74, 6) is 0.630. The van der Waals surface area contributed by atoms with E-state index in [4.69, 9.17) is 15.2 Å². The van der Waals surface area contributed by atoms with Crippen LogP contribution in [0.1, 0.15) is 166 Å². The predicted molar refractivity (Wildman–Crippen MR) is 287 cm³/mol. The van der Waals surface area contributed by atoms with Crippen LogP contribution in [0, 0.1) is 60.2 Å². The number of rotatable bonds is 10. The maximum absolute atomic E-state index is 13.6. The van der Waals surface area contributed by atoms with E-state index in [0.717, 1.165) is 114 Å². The molecule has 2 saturated heterocycles. The predicted octanol–water partition coefficient (Wildman–Crippen LogP) is 10.0. The lowest BCUT2D eigenvalue weighted by Crippen LogP contribution is -2.59. The number of aliphatic carboxylic acids is 2. The van der Waals surface area contributed by atoms with Gasteiger partial charge in [0.15, 0.2) is 0 Å². The van der Waals surface area contributed by atoms with Crippen molar-refractivity contribution in [2.24, 2.45) is 52.1 Å². The number of nitrogens with two attached hydrogens (primary N) is 1. The number of fused-ring (bicyclic) bond motifs is 4. The summed E-state index contributed by atoms with van der Waals surface area (Å²) in [6, 6.07) is 23.0. The molecule has 2 spiro atoms. The van der Waals surface area contributed by atoms with Crippen molar-refractivity contribution in [2.45, 2.75) is 171 Å². The van der Waals surface area contributed by atoms with Gasteiger partial charge in [0.2, 0.25) is 11.8 Å². The molecule has 3 aromatic rings. The molecule has 8 saturated carbocycles. The van der Waals surface area contributed by atoms with Gasteiger partial charge < -0.3 is 40.5 Å². The molecule has 2 heterocycles. The number of ether oxygens (including phenoxy) is 2. The van der Waals surface area contributed by atoms with Crippen molar-refractivity contribution in [3.8, 4) is 0 Å². The van der Waals surface area contributed by atoms with Crippen LogP contribution in [-0.2, 0) is 46.0 Å². The van der Waals surface area contributed by atoms with Crippen LogP contribution in [0.5, 0.6) is 0 Å². The Balaban J connectivity index is 0.000000159. The Morgan fingerprint density at radius 1 is 0.571 bits per heavy atom. The summed E-state index contributed by atoms with van der Waals surface area (Å²) in [7, 11) is 0. The van der Waals surface area contributed by atoms with Gasteiger partial charge in [-0.3, -0.25) is 19.2 Å². The second kappa shape index (κ2) is 19.8. The lowest BCUT2D eigenvalue weighted by molar-refractivity contribution is -0.165. The Morgan fingerprint density at radius 2 is 0.974 bits per heavy atom. The van der Waals surface area contributed by atoms with Crippen LogP contribution in [0.25, 0.3) is 0 Å². The Labute approximate surface area is 452 Å². The van der Waals surface area contributed by atoms with E-state index in [9.17, 15) is 39.0 Å². The highest BCUT2D eigenvalue weighted by atomic mass is 16.6. The Morgan fingerprint density at radius 3 is 1.39 bits per heavy atom. The quantitative estimate of drug-likeness (QED) is 0.151. The van der Waals surface area contributed by atoms with Crippen LogP contribution in [0.4, 0.5) is 9.59 Å². The standard InChI is InChI=1S/C36H44N2O5.C27H34N2O5/c1-22-11-23(2)13-25(12-22)21-37-33(41)36-17-24-14-27(19-36)32(28(15-24)20-36)43-34(42)38-9-7-35(8-10-38)18-26(16-31(39)40)29-5-3-4-6-30(29)35;28-24(32)27-12-16-9-18(14-27)23(19(10-16)15-27)34-25(33)29-7-5-26(6-8-29)13-17(11-22(30)31)20-3-1-2-4-21(20)26/h3-6,11-13,24,26-28,32H,7-10,14-21H2,1-2H3,(H,37,41)(H,39,40);1-4,16-19,23H,5-15H2,(H2,28,32)(H,30,31). The van der Waals surface area contributed by atoms with Crippen LogP contribution in [0.2, 0.25) is 0 Å². The smallest absolute Gasteiger partial charge is 0.410 e. The minimum absolute atomic E-state index is 0.0331. The third kappa shape index (κ3) is 9.48. The minimum Gasteiger partial charge on any atom is -0.481 e. The fourth-order valence-corrected chi connectivity index (χ4v) is 18.9. The monoisotopic (exact) mass is 1050 g/mol. The number of hydrogen-bond donors (Lipinski definition) is 4. The third-order valence-electron chi connectivity index (χ3n) is 21.6. The molecular weight excluding hydrogens is 973 g/mol. The van der Waals surface area contributed by atoms with Gasteiger partial charge in [0.25, 0.3) is 0 Å². The zero-order valence-corrected chi connectivity index (χ0v) is 45.0. The van der Waals surface area contributed by atoms with E-state index in [0.29, 0.717) is 44.6 Å². The van der Waals surface area contributed by atoms with E-state index in [1.807, 2.05) is 34.1 Å². The first kappa shape index (κ1) is 51.8. The van der Waals surface area contributed by atoms with Crippen molar-refractivity contribution in [1.29, 1.82) is 0 Å². The Bertz CT molecular complexity index is 2800. The number of piperidine rings is 2. The molecule has 4 amide bonds. The summed E-state index contributed by atoms with van der Waals surface area (Å²) in [4.78, 5) is 79.3. The Kier molecular flexibility index (Phi) is 13.3. The van der Waals surface area contributed by atoms with Crippen LogP contribution in [0.15, 0.2) is 66.7 Å². The average Bonchev–Trinajstić information content (AvgIpc) is 4.02. The number of benzene rings is 3. The highest BCUT2D eigenvalue weighted by Gasteiger charge is 2.61. The van der Waals surface area contributed by atoms with Crippen molar-refractivity contribution < 1.29 is 48.5 Å². The molecule has 0 radical (unpaired) electrons. The highest BCUT2D eigenvalue weighted by Crippen LogP contribution is 2.63. The van der Waals surface area contributed by atoms with E-state index < -0.39 is 11.9 Å². The summed E-state index contributed by atoms with van der Waals surface area (Å²) < 4.78 is 12.5. The summed E-state index contributed by atoms with van der Waals surface area (Å²) in [5, 5.41) is 22.2. The molecular formula is C63H78N4O10. The van der Waals surface area contributed by atoms with Crippen molar-refractivity contribution >= 4 is 35.9 Å². The van der Waals surface area contributed by atoms with Crippen molar-refractivity contribution in [3.05, 3.63) is 106 Å². The lowest BCUT2D eigenvalue weighted by Gasteiger charge is -2.58. The largest absolute Gasteiger partial charge is 0.481 e. The van der Waals surface area contributed by atoms with E-state index in [1.165, 1.54) is 27.8 Å². The van der Waals surface area contributed by atoms with Gasteiger partial charge in [0.1, 0.15) is 12.2 Å². The van der Waals surface area contributed by atoms with Gasteiger partial charge in [-0.15, -0.1) is 0 Å². The van der Waals surface area contributed by atoms with E-state index in [-0.39, 0.29) is 106 Å². The maximum Gasteiger partial charge on any atom is 0.410 e. The van der Waals surface area contributed by atoms with Gasteiger partial charge in [0, 0.05) is 32.7 Å². The fraction of sp³-hybridized carbons (Fsp3) is 0.619. The first-order valence-electron chi connectivity index (χ1n) is 29.1. The minimum atomic E-state index is -0.758. The third-order valence-corrected chi connectivity index (χ3v) is 21.6. The number of nitrogens with zero attached hydrogens (tertiary/aromatic N) is 2. The summed E-state index contributed by atoms with van der Waals surface area (Å²) in [6.45, 7) is 7.24. The highest BCUT2D eigenvalue weighted by molar-refractivity contribution is 5.83. The van der Waals surface area contributed by atoms with Gasteiger partial charge in [-0.1, -0.05) is 77.9 Å². The topological polar surface area (TPSA) is 206 Å². The van der Waals surface area contributed by atoms with E-state index in [2.05, 4.69) is 61.6 Å². The molecule has 14 nitrogen and oxygen atoms in total. The summed E-state index contributed by atoms with van der Waals surface area (Å²) >= 11 is 0. The molecule has 6 unspecified atom stereocenters. The number of carboxylic acids is 2. The maximum atomic E-state index is 13.6. The van der Waals surface area contributed by atoms with Crippen LogP contribution < -0.4 is 11.1 Å². The second-order valence-electron chi connectivity index (χ2n) is 26.4. The lowest BCUT2D eigenvalue weighted by atomic mass is 9.48. The second-order valence-corrected chi connectivity index (χ2v) is 26.4. The molecule has 2 aliphatic heterocycles. The number of carboxylic acid groups (broad SMARTS) is 2. The molecule has 14 heteroatoms. The molecule has 77 heavy (non-hydrogen) atoms. The number of primary amides is 1.